The van der Waals surface area contributed by atoms with Gasteiger partial charge in [-0.25, -0.2) is 4.79 Å². The molecule has 0 aliphatic rings. The highest BCUT2D eigenvalue weighted by Crippen LogP contribution is 2.28. The molecule has 0 saturated carbocycles. The summed E-state index contributed by atoms with van der Waals surface area (Å²) >= 11 is 0. The number of benzene rings is 3. The van der Waals surface area contributed by atoms with Crippen molar-refractivity contribution in [1.82, 2.24) is 0 Å². The average Bonchev–Trinajstić information content (AvgIpc) is 2.69. The van der Waals surface area contributed by atoms with E-state index in [0.717, 1.165) is 18.8 Å². The van der Waals surface area contributed by atoms with Crippen LogP contribution in [0.15, 0.2) is 78.9 Å². The maximum absolute atomic E-state index is 12.0. The minimum absolute atomic E-state index is 0.342. The zero-order valence-corrected chi connectivity index (χ0v) is 15.5. The summed E-state index contributed by atoms with van der Waals surface area (Å²) in [6, 6.07) is 25.9. The van der Waals surface area contributed by atoms with Crippen LogP contribution in [0.5, 0.6) is 0 Å². The quantitative estimate of drug-likeness (QED) is 0.492. The van der Waals surface area contributed by atoms with Gasteiger partial charge in [-0.15, -0.1) is 0 Å². The third-order valence-corrected chi connectivity index (χ3v) is 4.31. The number of nitrogen functional groups attached to an aromatic ring is 1. The zero-order chi connectivity index (χ0) is 19.1. The Hall–Kier alpha value is -3.27. The maximum atomic E-state index is 12.0. The SMILES string of the molecule is CCOC(=O)c1ccc(N(Cc2ccccc2)Cc2ccccc2)c(N)c1. The van der Waals surface area contributed by atoms with Crippen molar-refractivity contribution in [2.75, 3.05) is 17.2 Å². The Morgan fingerprint density at radius 3 is 1.93 bits per heavy atom. The third-order valence-electron chi connectivity index (χ3n) is 4.31. The second kappa shape index (κ2) is 8.90. The van der Waals surface area contributed by atoms with Crippen LogP contribution < -0.4 is 10.6 Å². The van der Waals surface area contributed by atoms with Crippen LogP contribution in [0.1, 0.15) is 28.4 Å². The van der Waals surface area contributed by atoms with Crippen LogP contribution >= 0.6 is 0 Å². The molecule has 3 rings (SSSR count). The predicted octanol–water partition coefficient (Wildman–Crippen LogP) is 4.65. The van der Waals surface area contributed by atoms with E-state index in [2.05, 4.69) is 29.2 Å². The molecule has 27 heavy (non-hydrogen) atoms. The van der Waals surface area contributed by atoms with Gasteiger partial charge >= 0.3 is 5.97 Å². The number of hydrogen-bond acceptors (Lipinski definition) is 4. The van der Waals surface area contributed by atoms with Gasteiger partial charge in [-0.2, -0.15) is 0 Å². The lowest BCUT2D eigenvalue weighted by Crippen LogP contribution is -2.23. The van der Waals surface area contributed by atoms with Crippen molar-refractivity contribution < 1.29 is 9.53 Å². The molecule has 0 unspecified atom stereocenters. The van der Waals surface area contributed by atoms with Gasteiger partial charge in [-0.05, 0) is 36.2 Å². The lowest BCUT2D eigenvalue weighted by molar-refractivity contribution is 0.0526. The van der Waals surface area contributed by atoms with Gasteiger partial charge in [-0.3, -0.25) is 0 Å². The molecule has 0 aliphatic heterocycles. The van der Waals surface area contributed by atoms with E-state index in [1.54, 1.807) is 19.1 Å². The topological polar surface area (TPSA) is 55.6 Å². The van der Waals surface area contributed by atoms with Gasteiger partial charge in [-0.1, -0.05) is 60.7 Å². The van der Waals surface area contributed by atoms with Gasteiger partial charge in [0, 0.05) is 13.1 Å². The minimum Gasteiger partial charge on any atom is -0.462 e. The van der Waals surface area contributed by atoms with Crippen LogP contribution in [-0.4, -0.2) is 12.6 Å². The number of esters is 1. The monoisotopic (exact) mass is 360 g/mol. The molecule has 0 spiro atoms. The molecule has 4 nitrogen and oxygen atoms in total. The van der Waals surface area contributed by atoms with Crippen LogP contribution in [0.2, 0.25) is 0 Å². The van der Waals surface area contributed by atoms with Crippen molar-refractivity contribution in [3.8, 4) is 0 Å². The van der Waals surface area contributed by atoms with E-state index in [1.807, 2.05) is 42.5 Å². The largest absolute Gasteiger partial charge is 0.462 e. The first-order chi connectivity index (χ1) is 13.2. The van der Waals surface area contributed by atoms with Gasteiger partial charge in [0.15, 0.2) is 0 Å². The highest BCUT2D eigenvalue weighted by molar-refractivity contribution is 5.92. The predicted molar refractivity (Wildman–Crippen MR) is 110 cm³/mol. The molecule has 138 valence electrons. The Balaban J connectivity index is 1.90. The lowest BCUT2D eigenvalue weighted by Gasteiger charge is -2.27. The second-order valence-corrected chi connectivity index (χ2v) is 6.32. The number of ether oxygens (including phenoxy) is 1. The van der Waals surface area contributed by atoms with E-state index in [-0.39, 0.29) is 5.97 Å². The van der Waals surface area contributed by atoms with Crippen molar-refractivity contribution >= 4 is 17.3 Å². The Labute approximate surface area is 160 Å². The fourth-order valence-electron chi connectivity index (χ4n) is 3.02. The molecular formula is C23H24N2O2. The average molecular weight is 360 g/mol. The molecule has 0 amide bonds. The van der Waals surface area contributed by atoms with E-state index in [0.29, 0.717) is 17.9 Å². The summed E-state index contributed by atoms with van der Waals surface area (Å²) in [6.07, 6.45) is 0. The molecule has 0 atom stereocenters. The van der Waals surface area contributed by atoms with Crippen molar-refractivity contribution in [2.45, 2.75) is 20.0 Å². The standard InChI is InChI=1S/C23H24N2O2/c1-2-27-23(26)20-13-14-22(21(24)15-20)25(16-18-9-5-3-6-10-18)17-19-11-7-4-8-12-19/h3-15H,2,16-17,24H2,1H3. The number of nitrogens with zero attached hydrogens (tertiary/aromatic N) is 1. The minimum atomic E-state index is -0.353. The summed E-state index contributed by atoms with van der Waals surface area (Å²) in [5, 5.41) is 0. The lowest BCUT2D eigenvalue weighted by atomic mass is 10.1. The first-order valence-corrected chi connectivity index (χ1v) is 9.07. The van der Waals surface area contributed by atoms with Gasteiger partial charge in [0.05, 0.1) is 23.5 Å². The number of hydrogen-bond donors (Lipinski definition) is 1. The highest BCUT2D eigenvalue weighted by Gasteiger charge is 2.15. The Morgan fingerprint density at radius 1 is 0.889 bits per heavy atom. The van der Waals surface area contributed by atoms with E-state index in [4.69, 9.17) is 10.5 Å². The highest BCUT2D eigenvalue weighted by atomic mass is 16.5. The number of nitrogens with two attached hydrogens (primary N) is 1. The third kappa shape index (κ3) is 4.88. The molecule has 0 bridgehead atoms. The number of rotatable bonds is 7. The smallest absolute Gasteiger partial charge is 0.338 e. The van der Waals surface area contributed by atoms with E-state index in [1.165, 1.54) is 11.1 Å². The van der Waals surface area contributed by atoms with Crippen LogP contribution in [-0.2, 0) is 17.8 Å². The van der Waals surface area contributed by atoms with E-state index in [9.17, 15) is 4.79 Å². The van der Waals surface area contributed by atoms with Crippen molar-refractivity contribution in [3.05, 3.63) is 95.6 Å². The maximum Gasteiger partial charge on any atom is 0.338 e. The number of anilines is 2. The van der Waals surface area contributed by atoms with E-state index >= 15 is 0 Å². The molecule has 0 aromatic heterocycles. The fraction of sp³-hybridized carbons (Fsp3) is 0.174. The molecular weight excluding hydrogens is 336 g/mol. The Bertz CT molecular complexity index is 838. The fourth-order valence-corrected chi connectivity index (χ4v) is 3.02. The first-order valence-electron chi connectivity index (χ1n) is 9.07. The van der Waals surface area contributed by atoms with Crippen LogP contribution in [0.4, 0.5) is 11.4 Å². The molecule has 0 heterocycles. The number of carbonyl (C=O) groups excluding carboxylic acids is 1. The number of carbonyl (C=O) groups is 1. The van der Waals surface area contributed by atoms with Crippen molar-refractivity contribution in [3.63, 3.8) is 0 Å². The van der Waals surface area contributed by atoms with Crippen LogP contribution in [0, 0.1) is 0 Å². The molecule has 3 aromatic rings. The summed E-state index contributed by atoms with van der Waals surface area (Å²) in [4.78, 5) is 14.2. The van der Waals surface area contributed by atoms with E-state index < -0.39 is 0 Å². The molecule has 0 aliphatic carbocycles. The molecule has 0 radical (unpaired) electrons. The van der Waals surface area contributed by atoms with Gasteiger partial charge in [0.2, 0.25) is 0 Å². The van der Waals surface area contributed by atoms with Gasteiger partial charge in [0.25, 0.3) is 0 Å². The summed E-state index contributed by atoms with van der Waals surface area (Å²) in [7, 11) is 0. The summed E-state index contributed by atoms with van der Waals surface area (Å²) < 4.78 is 5.07. The second-order valence-electron chi connectivity index (χ2n) is 6.32. The van der Waals surface area contributed by atoms with Crippen LogP contribution in [0.25, 0.3) is 0 Å². The summed E-state index contributed by atoms with van der Waals surface area (Å²) in [5.41, 5.74) is 10.6. The summed E-state index contributed by atoms with van der Waals surface area (Å²) in [5.74, 6) is -0.353. The van der Waals surface area contributed by atoms with Crippen molar-refractivity contribution in [2.24, 2.45) is 0 Å². The normalized spacial score (nSPS) is 10.4. The summed E-state index contributed by atoms with van der Waals surface area (Å²) in [6.45, 7) is 3.57. The molecule has 2 N–H and O–H groups in total. The van der Waals surface area contributed by atoms with Gasteiger partial charge in [0.1, 0.15) is 0 Å². The Morgan fingerprint density at radius 2 is 1.44 bits per heavy atom. The Kier molecular flexibility index (Phi) is 6.10. The molecule has 4 heteroatoms. The molecule has 3 aromatic carbocycles. The van der Waals surface area contributed by atoms with Crippen molar-refractivity contribution in [1.29, 1.82) is 0 Å². The first kappa shape index (κ1) is 18.5. The van der Waals surface area contributed by atoms with Crippen LogP contribution in [0.3, 0.4) is 0 Å². The molecule has 0 fully saturated rings. The zero-order valence-electron chi connectivity index (χ0n) is 15.5. The molecule has 0 saturated heterocycles. The van der Waals surface area contributed by atoms with Gasteiger partial charge < -0.3 is 15.4 Å².